The molecule has 2 aliphatic rings. The van der Waals surface area contributed by atoms with Crippen LogP contribution in [0.4, 0.5) is 0 Å². The summed E-state index contributed by atoms with van der Waals surface area (Å²) in [6.45, 7) is 5.80. The van der Waals surface area contributed by atoms with Gasteiger partial charge in [-0.25, -0.2) is 0 Å². The van der Waals surface area contributed by atoms with Crippen LogP contribution in [0.1, 0.15) is 43.2 Å². The van der Waals surface area contributed by atoms with Gasteiger partial charge in [-0.15, -0.1) is 0 Å². The lowest BCUT2D eigenvalue weighted by molar-refractivity contribution is -0.134. The average Bonchev–Trinajstić information content (AvgIpc) is 2.54. The van der Waals surface area contributed by atoms with Crippen LogP contribution in [0.3, 0.4) is 0 Å². The lowest BCUT2D eigenvalue weighted by Gasteiger charge is -2.35. The van der Waals surface area contributed by atoms with Gasteiger partial charge in [0.25, 0.3) is 0 Å². The minimum atomic E-state index is 0.0122. The molecule has 0 bridgehead atoms. The fraction of sp³-hybridized carbons (Fsp3) is 0.588. The lowest BCUT2D eigenvalue weighted by Crippen LogP contribution is -2.44. The lowest BCUT2D eigenvalue weighted by atomic mass is 9.88. The van der Waals surface area contributed by atoms with Gasteiger partial charge < -0.3 is 10.2 Å². The molecule has 1 N–H and O–H groups in total. The van der Waals surface area contributed by atoms with Crippen LogP contribution >= 0.6 is 0 Å². The zero-order chi connectivity index (χ0) is 13.9. The number of nitrogens with one attached hydrogen (secondary N) is 1. The number of hydrogen-bond donors (Lipinski definition) is 1. The van der Waals surface area contributed by atoms with Crippen LogP contribution < -0.4 is 5.32 Å². The van der Waals surface area contributed by atoms with Crippen molar-refractivity contribution in [2.75, 3.05) is 19.6 Å². The van der Waals surface area contributed by atoms with Gasteiger partial charge >= 0.3 is 0 Å². The number of carbonyl (C=O) groups excluding carboxylic acids is 1. The molecule has 1 saturated heterocycles. The normalized spacial score (nSPS) is 23.4. The van der Waals surface area contributed by atoms with Crippen LogP contribution in [0, 0.1) is 5.92 Å². The number of hydrogen-bond acceptors (Lipinski definition) is 2. The predicted octanol–water partition coefficient (Wildman–Crippen LogP) is 2.52. The number of nitrogens with zero attached hydrogens (tertiary/aromatic N) is 1. The Hall–Kier alpha value is -1.35. The first-order chi connectivity index (χ1) is 9.79. The van der Waals surface area contributed by atoms with E-state index in [1.807, 2.05) is 6.07 Å². The largest absolute Gasteiger partial charge is 0.342 e. The molecule has 1 atom stereocenters. The fourth-order valence-electron chi connectivity index (χ4n) is 3.50. The smallest absolute Gasteiger partial charge is 0.231 e. The Morgan fingerprint density at radius 1 is 1.30 bits per heavy atom. The van der Waals surface area contributed by atoms with Gasteiger partial charge in [0.2, 0.25) is 5.91 Å². The summed E-state index contributed by atoms with van der Waals surface area (Å²) in [7, 11) is 0. The Morgan fingerprint density at radius 2 is 2.05 bits per heavy atom. The third-order valence-corrected chi connectivity index (χ3v) is 4.90. The minimum absolute atomic E-state index is 0.0122. The fourth-order valence-corrected chi connectivity index (χ4v) is 3.50. The summed E-state index contributed by atoms with van der Waals surface area (Å²) in [6, 6.07) is 8.36. The minimum Gasteiger partial charge on any atom is -0.342 e. The summed E-state index contributed by atoms with van der Waals surface area (Å²) in [4.78, 5) is 14.9. The molecule has 1 amide bonds. The van der Waals surface area contributed by atoms with E-state index in [2.05, 4.69) is 35.3 Å². The highest BCUT2D eigenvalue weighted by Crippen LogP contribution is 2.28. The molecule has 3 rings (SSSR count). The van der Waals surface area contributed by atoms with Gasteiger partial charge in [-0.1, -0.05) is 37.6 Å². The number of piperidine rings is 1. The van der Waals surface area contributed by atoms with Gasteiger partial charge in [0.1, 0.15) is 0 Å². The van der Waals surface area contributed by atoms with E-state index in [-0.39, 0.29) is 5.92 Å². The molecule has 1 aromatic carbocycles. The van der Waals surface area contributed by atoms with Crippen molar-refractivity contribution in [2.45, 2.75) is 38.6 Å². The first-order valence-electron chi connectivity index (χ1n) is 7.87. The van der Waals surface area contributed by atoms with Crippen LogP contribution in [0.25, 0.3) is 0 Å². The van der Waals surface area contributed by atoms with Crippen molar-refractivity contribution in [3.05, 3.63) is 35.4 Å². The second kappa shape index (κ2) is 5.96. The van der Waals surface area contributed by atoms with Crippen molar-refractivity contribution < 1.29 is 4.79 Å². The molecule has 0 radical (unpaired) electrons. The Kier molecular flexibility index (Phi) is 4.06. The van der Waals surface area contributed by atoms with Crippen molar-refractivity contribution in [3.8, 4) is 0 Å². The van der Waals surface area contributed by atoms with Gasteiger partial charge in [-0.05, 0) is 29.9 Å². The highest BCUT2D eigenvalue weighted by atomic mass is 16.2. The number of carbonyl (C=O) groups is 1. The Bertz CT molecular complexity index is 478. The van der Waals surface area contributed by atoms with Crippen molar-refractivity contribution in [1.29, 1.82) is 0 Å². The van der Waals surface area contributed by atoms with Gasteiger partial charge in [-0.2, -0.15) is 0 Å². The second-order valence-corrected chi connectivity index (χ2v) is 6.06. The average molecular weight is 272 g/mol. The Labute approximate surface area is 121 Å². The van der Waals surface area contributed by atoms with E-state index in [1.165, 1.54) is 30.4 Å². The maximum Gasteiger partial charge on any atom is 0.231 e. The van der Waals surface area contributed by atoms with Gasteiger partial charge in [0, 0.05) is 26.2 Å². The molecule has 1 aromatic rings. The molecule has 3 heteroatoms. The van der Waals surface area contributed by atoms with Crippen LogP contribution in [0.15, 0.2) is 24.3 Å². The molecule has 1 unspecified atom stereocenters. The standard InChI is InChI=1S/C17H24N2O/c1-2-13-7-9-19(10-8-13)17(20)16-12-18-11-14-5-3-4-6-15(14)16/h3-6,13,16,18H,2,7-12H2,1H3. The van der Waals surface area contributed by atoms with Crippen LogP contribution in [-0.2, 0) is 11.3 Å². The third-order valence-electron chi connectivity index (χ3n) is 4.90. The van der Waals surface area contributed by atoms with Gasteiger partial charge in [-0.3, -0.25) is 4.79 Å². The van der Waals surface area contributed by atoms with E-state index in [0.29, 0.717) is 5.91 Å². The topological polar surface area (TPSA) is 32.3 Å². The van der Waals surface area contributed by atoms with E-state index in [1.54, 1.807) is 0 Å². The van der Waals surface area contributed by atoms with E-state index >= 15 is 0 Å². The molecule has 2 heterocycles. The van der Waals surface area contributed by atoms with E-state index in [9.17, 15) is 4.79 Å². The molecule has 108 valence electrons. The number of benzene rings is 1. The van der Waals surface area contributed by atoms with E-state index in [0.717, 1.165) is 32.1 Å². The summed E-state index contributed by atoms with van der Waals surface area (Å²) >= 11 is 0. The SMILES string of the molecule is CCC1CCN(C(=O)C2CNCc3ccccc32)CC1. The summed E-state index contributed by atoms with van der Waals surface area (Å²) in [6.07, 6.45) is 3.59. The molecule has 0 aromatic heterocycles. The molecular formula is C17H24N2O. The summed E-state index contributed by atoms with van der Waals surface area (Å²) in [5.74, 6) is 1.15. The molecule has 0 spiro atoms. The predicted molar refractivity (Wildman–Crippen MR) is 80.5 cm³/mol. The maximum absolute atomic E-state index is 12.8. The quantitative estimate of drug-likeness (QED) is 0.897. The molecule has 2 aliphatic heterocycles. The molecule has 0 aliphatic carbocycles. The van der Waals surface area contributed by atoms with Crippen molar-refractivity contribution in [1.82, 2.24) is 10.2 Å². The second-order valence-electron chi connectivity index (χ2n) is 6.06. The first kappa shape index (κ1) is 13.6. The third kappa shape index (κ3) is 2.59. The number of amides is 1. The summed E-state index contributed by atoms with van der Waals surface area (Å²) in [5, 5.41) is 3.38. The molecule has 3 nitrogen and oxygen atoms in total. The number of likely N-dealkylation sites (tertiary alicyclic amines) is 1. The summed E-state index contributed by atoms with van der Waals surface area (Å²) in [5.41, 5.74) is 2.51. The van der Waals surface area contributed by atoms with Crippen molar-refractivity contribution in [3.63, 3.8) is 0 Å². The van der Waals surface area contributed by atoms with Crippen LogP contribution in [0.5, 0.6) is 0 Å². The number of fused-ring (bicyclic) bond motifs is 1. The maximum atomic E-state index is 12.8. The van der Waals surface area contributed by atoms with Crippen LogP contribution in [-0.4, -0.2) is 30.4 Å². The molecule has 1 fully saturated rings. The Morgan fingerprint density at radius 3 is 2.80 bits per heavy atom. The van der Waals surface area contributed by atoms with Crippen molar-refractivity contribution in [2.24, 2.45) is 5.92 Å². The zero-order valence-corrected chi connectivity index (χ0v) is 12.3. The highest BCUT2D eigenvalue weighted by Gasteiger charge is 2.31. The highest BCUT2D eigenvalue weighted by molar-refractivity contribution is 5.84. The monoisotopic (exact) mass is 272 g/mol. The van der Waals surface area contributed by atoms with E-state index in [4.69, 9.17) is 0 Å². The number of rotatable bonds is 2. The van der Waals surface area contributed by atoms with Crippen LogP contribution in [0.2, 0.25) is 0 Å². The van der Waals surface area contributed by atoms with E-state index < -0.39 is 0 Å². The van der Waals surface area contributed by atoms with Gasteiger partial charge in [0.15, 0.2) is 0 Å². The van der Waals surface area contributed by atoms with Gasteiger partial charge in [0.05, 0.1) is 5.92 Å². The Balaban J connectivity index is 1.72. The zero-order valence-electron chi connectivity index (χ0n) is 12.3. The first-order valence-corrected chi connectivity index (χ1v) is 7.87. The molecular weight excluding hydrogens is 248 g/mol. The molecule has 20 heavy (non-hydrogen) atoms. The van der Waals surface area contributed by atoms with Crippen molar-refractivity contribution >= 4 is 5.91 Å². The summed E-state index contributed by atoms with van der Waals surface area (Å²) < 4.78 is 0. The molecule has 0 saturated carbocycles.